The number of benzene rings is 2. The van der Waals surface area contributed by atoms with E-state index in [0.717, 1.165) is 11.1 Å². The number of amides is 2. The van der Waals surface area contributed by atoms with Crippen LogP contribution in [0.25, 0.3) is 6.08 Å². The second-order valence-electron chi connectivity index (χ2n) is 6.81. The summed E-state index contributed by atoms with van der Waals surface area (Å²) in [5, 5.41) is 9.75. The predicted molar refractivity (Wildman–Crippen MR) is 95.4 cm³/mol. The van der Waals surface area contributed by atoms with E-state index >= 15 is 0 Å². The molecule has 3 heterocycles. The first kappa shape index (κ1) is 14.9. The summed E-state index contributed by atoms with van der Waals surface area (Å²) in [4.78, 5) is 29.5. The van der Waals surface area contributed by atoms with Crippen LogP contribution in [0.5, 0.6) is 0 Å². The second-order valence-corrected chi connectivity index (χ2v) is 6.81. The minimum atomic E-state index is -0.645. The second kappa shape index (κ2) is 5.30. The molecule has 0 radical (unpaired) electrons. The highest BCUT2D eigenvalue weighted by Crippen LogP contribution is 2.52. The van der Waals surface area contributed by atoms with E-state index < -0.39 is 17.9 Å². The van der Waals surface area contributed by atoms with Crippen LogP contribution in [-0.4, -0.2) is 22.8 Å². The first-order valence-electron chi connectivity index (χ1n) is 8.59. The van der Waals surface area contributed by atoms with Crippen LogP contribution in [0.2, 0.25) is 0 Å². The molecular weight excluding hydrogens is 326 g/mol. The number of anilines is 1. The number of nitrogens with zero attached hydrogens (tertiary/aromatic N) is 3. The molecule has 5 nitrogen and oxygen atoms in total. The molecule has 0 aliphatic carbocycles. The van der Waals surface area contributed by atoms with Crippen LogP contribution in [-0.2, 0) is 9.59 Å². The Bertz CT molecular complexity index is 992. The van der Waals surface area contributed by atoms with Gasteiger partial charge in [0.2, 0.25) is 11.8 Å². The van der Waals surface area contributed by atoms with Crippen LogP contribution in [0.15, 0.2) is 60.8 Å². The normalized spacial score (nSPS) is 28.6. The number of hydrogen-bond donors (Lipinski definition) is 0. The van der Waals surface area contributed by atoms with E-state index in [-0.39, 0.29) is 17.9 Å². The summed E-state index contributed by atoms with van der Waals surface area (Å²) in [6.45, 7) is 0. The first-order chi connectivity index (χ1) is 12.7. The highest BCUT2D eigenvalue weighted by Gasteiger charge is 2.63. The van der Waals surface area contributed by atoms with Crippen molar-refractivity contribution in [3.8, 4) is 6.07 Å². The van der Waals surface area contributed by atoms with Crippen molar-refractivity contribution >= 4 is 23.6 Å². The van der Waals surface area contributed by atoms with E-state index in [9.17, 15) is 14.9 Å². The number of para-hydroxylation sites is 1. The zero-order chi connectivity index (χ0) is 17.8. The molecule has 2 saturated heterocycles. The van der Waals surface area contributed by atoms with Crippen molar-refractivity contribution < 1.29 is 9.59 Å². The van der Waals surface area contributed by atoms with Gasteiger partial charge < -0.3 is 4.90 Å². The van der Waals surface area contributed by atoms with Gasteiger partial charge in [-0.3, -0.25) is 9.59 Å². The Labute approximate surface area is 150 Å². The third kappa shape index (κ3) is 1.79. The van der Waals surface area contributed by atoms with Gasteiger partial charge in [-0.15, -0.1) is 0 Å². The Balaban J connectivity index is 1.65. The monoisotopic (exact) mass is 341 g/mol. The Morgan fingerprint density at radius 2 is 1.58 bits per heavy atom. The van der Waals surface area contributed by atoms with Gasteiger partial charge in [-0.1, -0.05) is 42.5 Å². The predicted octanol–water partition coefficient (Wildman–Crippen LogP) is 2.73. The smallest absolute Gasteiger partial charge is 0.240 e. The lowest BCUT2D eigenvalue weighted by Gasteiger charge is -2.33. The van der Waals surface area contributed by atoms with Gasteiger partial charge in [0.05, 0.1) is 29.6 Å². The van der Waals surface area contributed by atoms with Crippen molar-refractivity contribution in [3.05, 3.63) is 71.9 Å². The highest BCUT2D eigenvalue weighted by atomic mass is 16.2. The van der Waals surface area contributed by atoms with Gasteiger partial charge in [-0.2, -0.15) is 5.26 Å². The SMILES string of the molecule is N#C[C@@H]1[C@@H]2C(=O)N(c3ccccc3)C(=O)[C@H]2[C@@H]2c3ccccc3C=CN12. The van der Waals surface area contributed by atoms with E-state index in [2.05, 4.69) is 6.07 Å². The number of rotatable bonds is 1. The maximum absolute atomic E-state index is 13.3. The highest BCUT2D eigenvalue weighted by molar-refractivity contribution is 6.23. The molecule has 0 aromatic heterocycles. The van der Waals surface area contributed by atoms with E-state index in [4.69, 9.17) is 0 Å². The van der Waals surface area contributed by atoms with Gasteiger partial charge in [0.15, 0.2) is 0 Å². The number of nitriles is 1. The lowest BCUT2D eigenvalue weighted by atomic mass is 9.85. The van der Waals surface area contributed by atoms with Crippen LogP contribution in [0.4, 0.5) is 5.69 Å². The number of fused-ring (bicyclic) bond motifs is 5. The van der Waals surface area contributed by atoms with Gasteiger partial charge in [-0.25, -0.2) is 4.90 Å². The maximum atomic E-state index is 13.3. The Kier molecular flexibility index (Phi) is 3.04. The summed E-state index contributed by atoms with van der Waals surface area (Å²) in [5.74, 6) is -1.69. The van der Waals surface area contributed by atoms with Gasteiger partial charge >= 0.3 is 0 Å². The van der Waals surface area contributed by atoms with Crippen molar-refractivity contribution in [2.75, 3.05) is 4.90 Å². The molecule has 126 valence electrons. The minimum Gasteiger partial charge on any atom is -0.353 e. The van der Waals surface area contributed by atoms with E-state index in [1.807, 2.05) is 47.5 Å². The van der Waals surface area contributed by atoms with Crippen molar-refractivity contribution in [2.24, 2.45) is 11.8 Å². The summed E-state index contributed by atoms with van der Waals surface area (Å²) in [6.07, 6.45) is 3.80. The molecule has 2 fully saturated rings. The third-order valence-corrected chi connectivity index (χ3v) is 5.61. The molecule has 0 bridgehead atoms. The van der Waals surface area contributed by atoms with Crippen LogP contribution in [0.3, 0.4) is 0 Å². The van der Waals surface area contributed by atoms with Crippen molar-refractivity contribution in [1.29, 1.82) is 5.26 Å². The van der Waals surface area contributed by atoms with Gasteiger partial charge in [0.25, 0.3) is 0 Å². The van der Waals surface area contributed by atoms with E-state index in [1.165, 1.54) is 4.90 Å². The lowest BCUT2D eigenvalue weighted by molar-refractivity contribution is -0.123. The van der Waals surface area contributed by atoms with Crippen molar-refractivity contribution in [3.63, 3.8) is 0 Å². The van der Waals surface area contributed by atoms with Crippen LogP contribution in [0.1, 0.15) is 17.2 Å². The fraction of sp³-hybridized carbons (Fsp3) is 0.190. The molecule has 0 saturated carbocycles. The molecule has 5 heteroatoms. The molecule has 2 aromatic carbocycles. The maximum Gasteiger partial charge on any atom is 0.240 e. The molecular formula is C21H15N3O2. The van der Waals surface area contributed by atoms with Gasteiger partial charge in [0, 0.05) is 6.20 Å². The number of carbonyl (C=O) groups excluding carboxylic acids is 2. The Hall–Kier alpha value is -3.39. The van der Waals surface area contributed by atoms with Gasteiger partial charge in [0.1, 0.15) is 6.04 Å². The molecule has 2 aromatic rings. The molecule has 2 amide bonds. The van der Waals surface area contributed by atoms with Crippen molar-refractivity contribution in [1.82, 2.24) is 4.90 Å². The largest absolute Gasteiger partial charge is 0.353 e. The summed E-state index contributed by atoms with van der Waals surface area (Å²) >= 11 is 0. The van der Waals surface area contributed by atoms with E-state index in [0.29, 0.717) is 5.69 Å². The van der Waals surface area contributed by atoms with Crippen molar-refractivity contribution in [2.45, 2.75) is 12.1 Å². The molecule has 0 spiro atoms. The molecule has 3 aliphatic rings. The molecule has 5 rings (SSSR count). The fourth-order valence-electron chi connectivity index (χ4n) is 4.54. The average molecular weight is 341 g/mol. The average Bonchev–Trinajstić information content (AvgIpc) is 3.15. The quantitative estimate of drug-likeness (QED) is 0.748. The number of hydrogen-bond acceptors (Lipinski definition) is 4. The number of imide groups is 1. The molecule has 0 unspecified atom stereocenters. The minimum absolute atomic E-state index is 0.218. The van der Waals surface area contributed by atoms with E-state index in [1.54, 1.807) is 24.3 Å². The van der Waals surface area contributed by atoms with Crippen LogP contribution in [0, 0.1) is 23.2 Å². The zero-order valence-corrected chi connectivity index (χ0v) is 13.8. The topological polar surface area (TPSA) is 64.4 Å². The van der Waals surface area contributed by atoms with Crippen LogP contribution < -0.4 is 4.90 Å². The lowest BCUT2D eigenvalue weighted by Crippen LogP contribution is -2.40. The van der Waals surface area contributed by atoms with Gasteiger partial charge in [-0.05, 0) is 29.3 Å². The standard InChI is InChI=1S/C21H15N3O2/c22-12-16-17-18(19-15-9-5-4-6-13(15)10-11-23(16)19)21(26)24(20(17)25)14-7-2-1-3-8-14/h1-11,16-19H/t16-,17+,18-,19+/m1/s1. The summed E-state index contributed by atoms with van der Waals surface area (Å²) in [7, 11) is 0. The molecule has 0 N–H and O–H groups in total. The molecule has 3 aliphatic heterocycles. The first-order valence-corrected chi connectivity index (χ1v) is 8.59. The number of carbonyl (C=O) groups is 2. The summed E-state index contributed by atoms with van der Waals surface area (Å²) < 4.78 is 0. The fourth-order valence-corrected chi connectivity index (χ4v) is 4.54. The van der Waals surface area contributed by atoms with Crippen LogP contribution >= 0.6 is 0 Å². The summed E-state index contributed by atoms with van der Waals surface area (Å²) in [6, 6.07) is 18.2. The Morgan fingerprint density at radius 1 is 0.885 bits per heavy atom. The summed E-state index contributed by atoms with van der Waals surface area (Å²) in [5.41, 5.74) is 2.60. The Morgan fingerprint density at radius 3 is 2.35 bits per heavy atom. The molecule has 4 atom stereocenters. The molecule has 26 heavy (non-hydrogen) atoms. The third-order valence-electron chi connectivity index (χ3n) is 5.61. The zero-order valence-electron chi connectivity index (χ0n) is 13.8.